The maximum Gasteiger partial charge on any atom is 0.227 e. The van der Waals surface area contributed by atoms with Crippen molar-refractivity contribution in [2.75, 3.05) is 11.1 Å². The summed E-state index contributed by atoms with van der Waals surface area (Å²) in [5.74, 6) is 0.366. The molecule has 5 nitrogen and oxygen atoms in total. The van der Waals surface area contributed by atoms with Gasteiger partial charge in [-0.05, 0) is 12.1 Å². The van der Waals surface area contributed by atoms with Crippen LogP contribution >= 0.6 is 11.8 Å². The SMILES string of the molecule is O=C(CCSc1ccccc1F)Nc1ncn[nH]1. The molecule has 1 heterocycles. The quantitative estimate of drug-likeness (QED) is 0.813. The Morgan fingerprint density at radius 2 is 2.28 bits per heavy atom. The van der Waals surface area contributed by atoms with Gasteiger partial charge in [-0.25, -0.2) is 9.49 Å². The minimum atomic E-state index is -0.266. The molecule has 0 bridgehead atoms. The van der Waals surface area contributed by atoms with E-state index in [0.29, 0.717) is 16.6 Å². The Labute approximate surface area is 107 Å². The summed E-state index contributed by atoms with van der Waals surface area (Å²) in [5, 5.41) is 8.68. The van der Waals surface area contributed by atoms with E-state index in [4.69, 9.17) is 0 Å². The molecule has 0 radical (unpaired) electrons. The summed E-state index contributed by atoms with van der Waals surface area (Å²) in [7, 11) is 0. The standard InChI is InChI=1S/C11H11FN4OS/c12-8-3-1-2-4-9(8)18-6-5-10(17)15-11-13-7-14-16-11/h1-4,7H,5-6H2,(H2,13,14,15,16,17). The zero-order valence-electron chi connectivity index (χ0n) is 9.39. The van der Waals surface area contributed by atoms with Gasteiger partial charge >= 0.3 is 0 Å². The van der Waals surface area contributed by atoms with E-state index in [-0.39, 0.29) is 18.1 Å². The van der Waals surface area contributed by atoms with Gasteiger partial charge in [0.2, 0.25) is 11.9 Å². The summed E-state index contributed by atoms with van der Waals surface area (Å²) in [6, 6.07) is 6.49. The van der Waals surface area contributed by atoms with Crippen molar-refractivity contribution in [3.8, 4) is 0 Å². The van der Waals surface area contributed by atoms with Crippen molar-refractivity contribution >= 4 is 23.6 Å². The maximum atomic E-state index is 13.3. The zero-order valence-corrected chi connectivity index (χ0v) is 10.2. The second kappa shape index (κ2) is 6.15. The van der Waals surface area contributed by atoms with Crippen LogP contribution in [0, 0.1) is 5.82 Å². The number of hydrogen-bond acceptors (Lipinski definition) is 4. The molecule has 18 heavy (non-hydrogen) atoms. The number of anilines is 1. The van der Waals surface area contributed by atoms with Crippen LogP contribution in [0.4, 0.5) is 10.3 Å². The highest BCUT2D eigenvalue weighted by molar-refractivity contribution is 7.99. The van der Waals surface area contributed by atoms with Crippen molar-refractivity contribution in [1.82, 2.24) is 15.2 Å². The lowest BCUT2D eigenvalue weighted by Gasteiger charge is -2.03. The molecule has 2 aromatic rings. The number of rotatable bonds is 5. The minimum absolute atomic E-state index is 0.185. The number of benzene rings is 1. The predicted octanol–water partition coefficient (Wildman–Crippen LogP) is 2.06. The van der Waals surface area contributed by atoms with E-state index in [1.54, 1.807) is 18.2 Å². The second-order valence-corrected chi connectivity index (χ2v) is 4.55. The first-order valence-electron chi connectivity index (χ1n) is 5.28. The van der Waals surface area contributed by atoms with Crippen LogP contribution in [-0.2, 0) is 4.79 Å². The van der Waals surface area contributed by atoms with Crippen LogP contribution < -0.4 is 5.32 Å². The Morgan fingerprint density at radius 3 is 3.00 bits per heavy atom. The van der Waals surface area contributed by atoms with Crippen LogP contribution in [-0.4, -0.2) is 26.8 Å². The summed E-state index contributed by atoms with van der Waals surface area (Å²) in [4.78, 5) is 15.8. The molecule has 2 rings (SSSR count). The second-order valence-electron chi connectivity index (χ2n) is 3.41. The fourth-order valence-corrected chi connectivity index (χ4v) is 2.16. The van der Waals surface area contributed by atoms with Gasteiger partial charge in [-0.3, -0.25) is 10.1 Å². The van der Waals surface area contributed by atoms with Gasteiger partial charge in [0.1, 0.15) is 12.1 Å². The summed E-state index contributed by atoms with van der Waals surface area (Å²) in [6.45, 7) is 0. The highest BCUT2D eigenvalue weighted by Gasteiger charge is 2.06. The number of hydrogen-bond donors (Lipinski definition) is 2. The number of aromatic amines is 1. The molecule has 1 aromatic carbocycles. The van der Waals surface area contributed by atoms with Crippen molar-refractivity contribution in [2.24, 2.45) is 0 Å². The van der Waals surface area contributed by atoms with Gasteiger partial charge in [0, 0.05) is 17.1 Å². The average Bonchev–Trinajstić information content (AvgIpc) is 2.84. The van der Waals surface area contributed by atoms with Crippen molar-refractivity contribution in [3.63, 3.8) is 0 Å². The van der Waals surface area contributed by atoms with Gasteiger partial charge < -0.3 is 0 Å². The molecule has 1 aromatic heterocycles. The number of thioether (sulfide) groups is 1. The molecule has 1 amide bonds. The summed E-state index contributed by atoms with van der Waals surface area (Å²) < 4.78 is 13.3. The Balaban J connectivity index is 1.75. The third-order valence-electron chi connectivity index (χ3n) is 2.10. The van der Waals surface area contributed by atoms with E-state index in [1.165, 1.54) is 24.2 Å². The van der Waals surface area contributed by atoms with Gasteiger partial charge in [0.05, 0.1) is 0 Å². The monoisotopic (exact) mass is 266 g/mol. The van der Waals surface area contributed by atoms with Crippen molar-refractivity contribution in [3.05, 3.63) is 36.4 Å². The lowest BCUT2D eigenvalue weighted by atomic mass is 10.3. The first-order valence-corrected chi connectivity index (χ1v) is 6.27. The number of amides is 1. The molecule has 0 spiro atoms. The summed E-state index contributed by atoms with van der Waals surface area (Å²) in [6.07, 6.45) is 1.59. The molecule has 0 aliphatic rings. The molecule has 0 aliphatic carbocycles. The van der Waals surface area contributed by atoms with E-state index in [9.17, 15) is 9.18 Å². The van der Waals surface area contributed by atoms with Crippen molar-refractivity contribution in [2.45, 2.75) is 11.3 Å². The normalized spacial score (nSPS) is 10.3. The first kappa shape index (κ1) is 12.6. The summed E-state index contributed by atoms with van der Waals surface area (Å²) >= 11 is 1.31. The van der Waals surface area contributed by atoms with Gasteiger partial charge in [0.15, 0.2) is 0 Å². The third kappa shape index (κ3) is 3.56. The molecule has 0 atom stereocenters. The molecular formula is C11H11FN4OS. The maximum absolute atomic E-state index is 13.3. The number of nitrogens with zero attached hydrogens (tertiary/aromatic N) is 2. The van der Waals surface area contributed by atoms with Crippen LogP contribution in [0.25, 0.3) is 0 Å². The highest BCUT2D eigenvalue weighted by atomic mass is 32.2. The Hall–Kier alpha value is -1.89. The number of carbonyl (C=O) groups excluding carboxylic acids is 1. The van der Waals surface area contributed by atoms with Gasteiger partial charge in [-0.1, -0.05) is 12.1 Å². The molecule has 7 heteroatoms. The molecule has 0 aliphatic heterocycles. The molecule has 0 unspecified atom stereocenters. The minimum Gasteiger partial charge on any atom is -0.295 e. The smallest absolute Gasteiger partial charge is 0.227 e. The lowest BCUT2D eigenvalue weighted by Crippen LogP contribution is -2.13. The average molecular weight is 266 g/mol. The fraction of sp³-hybridized carbons (Fsp3) is 0.182. The largest absolute Gasteiger partial charge is 0.295 e. The molecule has 0 fully saturated rings. The first-order chi connectivity index (χ1) is 8.75. The van der Waals surface area contributed by atoms with E-state index in [2.05, 4.69) is 20.5 Å². The summed E-state index contributed by atoms with van der Waals surface area (Å²) in [5.41, 5.74) is 0. The molecule has 94 valence electrons. The predicted molar refractivity (Wildman–Crippen MR) is 66.8 cm³/mol. The Bertz CT molecular complexity index is 518. The van der Waals surface area contributed by atoms with Crippen LogP contribution in [0.2, 0.25) is 0 Å². The third-order valence-corrected chi connectivity index (χ3v) is 3.15. The van der Waals surface area contributed by atoms with Crippen LogP contribution in [0.3, 0.4) is 0 Å². The number of H-pyrrole nitrogens is 1. The van der Waals surface area contributed by atoms with E-state index >= 15 is 0 Å². The number of aromatic nitrogens is 3. The van der Waals surface area contributed by atoms with Crippen LogP contribution in [0.1, 0.15) is 6.42 Å². The topological polar surface area (TPSA) is 70.7 Å². The van der Waals surface area contributed by atoms with Crippen molar-refractivity contribution in [1.29, 1.82) is 0 Å². The molecule has 2 N–H and O–H groups in total. The van der Waals surface area contributed by atoms with Crippen LogP contribution in [0.5, 0.6) is 0 Å². The van der Waals surface area contributed by atoms with Gasteiger partial charge in [-0.15, -0.1) is 11.8 Å². The van der Waals surface area contributed by atoms with E-state index in [1.807, 2.05) is 0 Å². The van der Waals surface area contributed by atoms with Crippen LogP contribution in [0.15, 0.2) is 35.5 Å². The van der Waals surface area contributed by atoms with E-state index < -0.39 is 0 Å². The number of nitrogens with one attached hydrogen (secondary N) is 2. The van der Waals surface area contributed by atoms with Gasteiger partial charge in [0.25, 0.3) is 0 Å². The Kier molecular flexibility index (Phi) is 4.30. The molecular weight excluding hydrogens is 255 g/mol. The fourth-order valence-electron chi connectivity index (χ4n) is 1.28. The van der Waals surface area contributed by atoms with Crippen molar-refractivity contribution < 1.29 is 9.18 Å². The highest BCUT2D eigenvalue weighted by Crippen LogP contribution is 2.21. The number of carbonyl (C=O) groups is 1. The van der Waals surface area contributed by atoms with E-state index in [0.717, 1.165) is 0 Å². The lowest BCUT2D eigenvalue weighted by molar-refractivity contribution is -0.115. The molecule has 0 saturated carbocycles. The van der Waals surface area contributed by atoms with Gasteiger partial charge in [-0.2, -0.15) is 10.1 Å². The zero-order chi connectivity index (χ0) is 12.8. The molecule has 0 saturated heterocycles. The Morgan fingerprint density at radius 1 is 1.44 bits per heavy atom. The number of halogens is 1.